The molecule has 1 aliphatic rings. The molecule has 22 heavy (non-hydrogen) atoms. The van der Waals surface area contributed by atoms with E-state index in [0.717, 1.165) is 49.0 Å². The first-order valence-electron chi connectivity index (χ1n) is 8.33. The molecule has 2 N–H and O–H groups in total. The topological polar surface area (TPSA) is 52.6 Å². The van der Waals surface area contributed by atoms with E-state index in [1.165, 1.54) is 6.42 Å². The number of nitrogens with one attached hydrogen (secondary N) is 1. The fraction of sp³-hybridized carbons (Fsp3) is 0.611. The molecule has 4 heteroatoms. The number of unbranched alkanes of at least 4 members (excludes halogenated alkanes) is 1. The van der Waals surface area contributed by atoms with Gasteiger partial charge in [-0.1, -0.05) is 18.2 Å². The van der Waals surface area contributed by atoms with Gasteiger partial charge in [0.05, 0.1) is 6.61 Å². The Morgan fingerprint density at radius 3 is 2.73 bits per heavy atom. The fourth-order valence-electron chi connectivity index (χ4n) is 3.30. The first kappa shape index (κ1) is 17.0. The van der Waals surface area contributed by atoms with Gasteiger partial charge in [-0.2, -0.15) is 0 Å². The van der Waals surface area contributed by atoms with Gasteiger partial charge in [0.1, 0.15) is 0 Å². The lowest BCUT2D eigenvalue weighted by molar-refractivity contribution is 0.0951. The van der Waals surface area contributed by atoms with E-state index in [1.54, 1.807) is 0 Å². The highest BCUT2D eigenvalue weighted by molar-refractivity contribution is 5.97. The van der Waals surface area contributed by atoms with Gasteiger partial charge in [0, 0.05) is 18.2 Å². The van der Waals surface area contributed by atoms with Gasteiger partial charge in [-0.25, -0.2) is 0 Å². The number of aliphatic hydroxyl groups is 1. The molecule has 1 unspecified atom stereocenters. The van der Waals surface area contributed by atoms with E-state index in [4.69, 9.17) is 0 Å². The Labute approximate surface area is 133 Å². The summed E-state index contributed by atoms with van der Waals surface area (Å²) in [6.07, 6.45) is 4.34. The number of aliphatic hydroxyl groups excluding tert-OH is 1. The largest absolute Gasteiger partial charge is 0.395 e. The van der Waals surface area contributed by atoms with E-state index in [-0.39, 0.29) is 12.5 Å². The van der Waals surface area contributed by atoms with Gasteiger partial charge in [-0.3, -0.25) is 9.69 Å². The second kappa shape index (κ2) is 8.30. The number of nitrogens with zero attached hydrogens (tertiary/aromatic N) is 1. The zero-order valence-corrected chi connectivity index (χ0v) is 13.8. The van der Waals surface area contributed by atoms with Crippen molar-refractivity contribution >= 4 is 5.91 Å². The first-order valence-corrected chi connectivity index (χ1v) is 8.33. The summed E-state index contributed by atoms with van der Waals surface area (Å²) in [5, 5.41) is 12.3. The van der Waals surface area contributed by atoms with Crippen LogP contribution in [0.4, 0.5) is 0 Å². The van der Waals surface area contributed by atoms with Crippen molar-refractivity contribution in [2.24, 2.45) is 0 Å². The maximum absolute atomic E-state index is 12.2. The standard InChI is InChI=1S/C18H28N2O2/c1-14-7-5-8-15(2)17(14)18(22)19-10-3-4-11-20-12-6-9-16(20)13-21/h5,7-8,16,21H,3-4,6,9-13H2,1-2H3,(H,19,22). The maximum atomic E-state index is 12.2. The van der Waals surface area contributed by atoms with Crippen molar-refractivity contribution in [2.75, 3.05) is 26.2 Å². The molecule has 1 fully saturated rings. The van der Waals surface area contributed by atoms with Gasteiger partial charge >= 0.3 is 0 Å². The average molecular weight is 304 g/mol. The van der Waals surface area contributed by atoms with Gasteiger partial charge < -0.3 is 10.4 Å². The number of likely N-dealkylation sites (tertiary alicyclic amines) is 1. The quantitative estimate of drug-likeness (QED) is 0.760. The summed E-state index contributed by atoms with van der Waals surface area (Å²) >= 11 is 0. The summed E-state index contributed by atoms with van der Waals surface area (Å²) in [5.74, 6) is 0.0324. The van der Waals surface area contributed by atoms with Crippen molar-refractivity contribution in [1.82, 2.24) is 10.2 Å². The molecular formula is C18H28N2O2. The lowest BCUT2D eigenvalue weighted by Crippen LogP contribution is -2.33. The third-order valence-corrected chi connectivity index (χ3v) is 4.58. The lowest BCUT2D eigenvalue weighted by atomic mass is 10.0. The van der Waals surface area contributed by atoms with Crippen molar-refractivity contribution in [3.8, 4) is 0 Å². The minimum Gasteiger partial charge on any atom is -0.395 e. The van der Waals surface area contributed by atoms with Crippen LogP contribution in [0.1, 0.15) is 47.2 Å². The summed E-state index contributed by atoms with van der Waals surface area (Å²) in [6, 6.07) is 6.29. The van der Waals surface area contributed by atoms with Crippen molar-refractivity contribution in [1.29, 1.82) is 0 Å². The van der Waals surface area contributed by atoms with Gasteiger partial charge in [-0.15, -0.1) is 0 Å². The van der Waals surface area contributed by atoms with Crippen molar-refractivity contribution in [2.45, 2.75) is 45.6 Å². The Morgan fingerprint density at radius 2 is 2.05 bits per heavy atom. The molecule has 1 aromatic rings. The second-order valence-corrected chi connectivity index (χ2v) is 6.24. The molecule has 1 saturated heterocycles. The van der Waals surface area contributed by atoms with Crippen LogP contribution in [-0.2, 0) is 0 Å². The molecule has 122 valence electrons. The SMILES string of the molecule is Cc1cccc(C)c1C(=O)NCCCCN1CCCC1CO. The molecule has 0 radical (unpaired) electrons. The molecular weight excluding hydrogens is 276 g/mol. The van der Waals surface area contributed by atoms with Gasteiger partial charge in [0.2, 0.25) is 0 Å². The summed E-state index contributed by atoms with van der Waals surface area (Å²) in [5.41, 5.74) is 2.86. The first-order chi connectivity index (χ1) is 10.6. The zero-order valence-electron chi connectivity index (χ0n) is 13.8. The van der Waals surface area contributed by atoms with Crippen LogP contribution in [0.25, 0.3) is 0 Å². The maximum Gasteiger partial charge on any atom is 0.251 e. The second-order valence-electron chi connectivity index (χ2n) is 6.24. The van der Waals surface area contributed by atoms with Crippen LogP contribution >= 0.6 is 0 Å². The number of hydrogen-bond donors (Lipinski definition) is 2. The van der Waals surface area contributed by atoms with Gasteiger partial charge in [-0.05, 0) is 63.7 Å². The number of aryl methyl sites for hydroxylation is 2. The van der Waals surface area contributed by atoms with Crippen LogP contribution in [-0.4, -0.2) is 48.2 Å². The van der Waals surface area contributed by atoms with Crippen LogP contribution in [0.5, 0.6) is 0 Å². The Balaban J connectivity index is 1.69. The molecule has 1 aromatic carbocycles. The molecule has 0 aliphatic carbocycles. The van der Waals surface area contributed by atoms with Crippen LogP contribution in [0.15, 0.2) is 18.2 Å². The lowest BCUT2D eigenvalue weighted by Gasteiger charge is -2.22. The van der Waals surface area contributed by atoms with E-state index in [0.29, 0.717) is 12.6 Å². The number of benzene rings is 1. The van der Waals surface area contributed by atoms with E-state index in [1.807, 2.05) is 32.0 Å². The van der Waals surface area contributed by atoms with E-state index >= 15 is 0 Å². The van der Waals surface area contributed by atoms with Gasteiger partial charge in [0.15, 0.2) is 0 Å². The third kappa shape index (κ3) is 4.31. The van der Waals surface area contributed by atoms with E-state index in [9.17, 15) is 9.90 Å². The summed E-state index contributed by atoms with van der Waals surface area (Å²) < 4.78 is 0. The number of carbonyl (C=O) groups excluding carboxylic acids is 1. The molecule has 1 aliphatic heterocycles. The normalized spacial score (nSPS) is 18.6. The third-order valence-electron chi connectivity index (χ3n) is 4.58. The van der Waals surface area contributed by atoms with Crippen molar-refractivity contribution in [3.05, 3.63) is 34.9 Å². The highest BCUT2D eigenvalue weighted by Crippen LogP contribution is 2.17. The van der Waals surface area contributed by atoms with Crippen LogP contribution in [0.2, 0.25) is 0 Å². The Hall–Kier alpha value is -1.39. The number of carbonyl (C=O) groups is 1. The molecule has 4 nitrogen and oxygen atoms in total. The number of amides is 1. The molecule has 0 saturated carbocycles. The minimum atomic E-state index is 0.0324. The summed E-state index contributed by atoms with van der Waals surface area (Å²) in [6.45, 7) is 7.05. The zero-order chi connectivity index (χ0) is 15.9. The van der Waals surface area contributed by atoms with E-state index < -0.39 is 0 Å². The molecule has 2 rings (SSSR count). The molecule has 0 spiro atoms. The number of hydrogen-bond acceptors (Lipinski definition) is 3. The van der Waals surface area contributed by atoms with Crippen LogP contribution in [0, 0.1) is 13.8 Å². The van der Waals surface area contributed by atoms with Crippen molar-refractivity contribution in [3.63, 3.8) is 0 Å². The molecule has 1 atom stereocenters. The molecule has 0 bridgehead atoms. The monoisotopic (exact) mass is 304 g/mol. The average Bonchev–Trinajstić information content (AvgIpc) is 2.94. The smallest absolute Gasteiger partial charge is 0.251 e. The molecule has 1 amide bonds. The van der Waals surface area contributed by atoms with E-state index in [2.05, 4.69) is 10.2 Å². The summed E-state index contributed by atoms with van der Waals surface area (Å²) in [4.78, 5) is 14.6. The van der Waals surface area contributed by atoms with Crippen molar-refractivity contribution < 1.29 is 9.90 Å². The predicted octanol–water partition coefficient (Wildman–Crippen LogP) is 2.27. The van der Waals surface area contributed by atoms with Crippen LogP contribution in [0.3, 0.4) is 0 Å². The predicted molar refractivity (Wildman–Crippen MR) is 89.2 cm³/mol. The number of rotatable bonds is 7. The van der Waals surface area contributed by atoms with Crippen LogP contribution < -0.4 is 5.32 Å². The Kier molecular flexibility index (Phi) is 6.40. The highest BCUT2D eigenvalue weighted by atomic mass is 16.3. The Morgan fingerprint density at radius 1 is 1.32 bits per heavy atom. The molecule has 0 aromatic heterocycles. The minimum absolute atomic E-state index is 0.0324. The Bertz CT molecular complexity index is 482. The highest BCUT2D eigenvalue weighted by Gasteiger charge is 2.22. The fourth-order valence-corrected chi connectivity index (χ4v) is 3.30. The van der Waals surface area contributed by atoms with Gasteiger partial charge in [0.25, 0.3) is 5.91 Å². The molecule has 1 heterocycles. The summed E-state index contributed by atoms with van der Waals surface area (Å²) in [7, 11) is 0.